The monoisotopic (exact) mass is 485 g/mol. The number of carbonyl (C=O) groups excluding carboxylic acids is 1. The van der Waals surface area contributed by atoms with E-state index in [4.69, 9.17) is 0 Å². The van der Waals surface area contributed by atoms with Crippen LogP contribution in [0.1, 0.15) is 35.4 Å². The van der Waals surface area contributed by atoms with E-state index >= 15 is 0 Å². The Balaban J connectivity index is 1.48. The van der Waals surface area contributed by atoms with Crippen molar-refractivity contribution in [2.75, 3.05) is 29.8 Å². The van der Waals surface area contributed by atoms with E-state index < -0.39 is 10.0 Å². The SMILES string of the molecule is CS(=O)(=O)Nc1ccc(C(=O)CSc2nnc(CN3CCCCC3)n2-c2ccccc2)cc1. The van der Waals surface area contributed by atoms with E-state index in [9.17, 15) is 13.2 Å². The standard InChI is InChI=1S/C23H27N5O3S2/c1-33(30,31)26-19-12-10-18(11-13-19)21(29)17-32-23-25-24-22(16-27-14-6-3-7-15-27)28(23)20-8-4-2-5-9-20/h2,4-5,8-13,26H,3,6-7,14-17H2,1H3. The summed E-state index contributed by atoms with van der Waals surface area (Å²) in [5, 5.41) is 9.53. The highest BCUT2D eigenvalue weighted by atomic mass is 32.2. The van der Waals surface area contributed by atoms with Gasteiger partial charge in [0.25, 0.3) is 0 Å². The minimum atomic E-state index is -3.36. The van der Waals surface area contributed by atoms with Crippen molar-refractivity contribution in [2.45, 2.75) is 31.0 Å². The molecular weight excluding hydrogens is 458 g/mol. The lowest BCUT2D eigenvalue weighted by atomic mass is 10.1. The molecule has 1 saturated heterocycles. The predicted molar refractivity (Wildman–Crippen MR) is 130 cm³/mol. The van der Waals surface area contributed by atoms with Crippen molar-refractivity contribution >= 4 is 33.3 Å². The van der Waals surface area contributed by atoms with Crippen molar-refractivity contribution in [3.8, 4) is 5.69 Å². The van der Waals surface area contributed by atoms with Gasteiger partial charge in [-0.3, -0.25) is 19.0 Å². The average Bonchev–Trinajstić information content (AvgIpc) is 3.20. The molecule has 0 atom stereocenters. The molecule has 1 aliphatic heterocycles. The molecule has 10 heteroatoms. The van der Waals surface area contributed by atoms with Gasteiger partial charge >= 0.3 is 0 Å². The average molecular weight is 486 g/mol. The summed E-state index contributed by atoms with van der Waals surface area (Å²) >= 11 is 1.35. The molecule has 0 saturated carbocycles. The molecule has 2 heterocycles. The van der Waals surface area contributed by atoms with Crippen molar-refractivity contribution in [3.63, 3.8) is 0 Å². The summed E-state index contributed by atoms with van der Waals surface area (Å²) in [6.45, 7) is 2.85. The van der Waals surface area contributed by atoms with Crippen molar-refractivity contribution in [2.24, 2.45) is 0 Å². The van der Waals surface area contributed by atoms with Crippen LogP contribution in [-0.2, 0) is 16.6 Å². The Morgan fingerprint density at radius 3 is 2.36 bits per heavy atom. The van der Waals surface area contributed by atoms with Gasteiger partial charge in [-0.25, -0.2) is 8.42 Å². The first-order valence-corrected chi connectivity index (χ1v) is 13.7. The van der Waals surface area contributed by atoms with E-state index in [0.717, 1.165) is 37.4 Å². The van der Waals surface area contributed by atoms with E-state index in [1.807, 2.05) is 34.9 Å². The molecule has 0 amide bonds. The molecule has 4 rings (SSSR count). The Morgan fingerprint density at radius 1 is 1.00 bits per heavy atom. The Kier molecular flexibility index (Phi) is 7.46. The first-order chi connectivity index (χ1) is 15.9. The van der Waals surface area contributed by atoms with Crippen LogP contribution < -0.4 is 4.72 Å². The first kappa shape index (κ1) is 23.5. The number of anilines is 1. The molecule has 33 heavy (non-hydrogen) atoms. The lowest BCUT2D eigenvalue weighted by Gasteiger charge is -2.26. The number of rotatable bonds is 9. The third-order valence-electron chi connectivity index (χ3n) is 5.37. The van der Waals surface area contributed by atoms with E-state index in [2.05, 4.69) is 19.8 Å². The number of likely N-dealkylation sites (tertiary alicyclic amines) is 1. The number of nitrogens with one attached hydrogen (secondary N) is 1. The molecule has 0 radical (unpaired) electrons. The second-order valence-corrected chi connectivity index (χ2v) is 10.8. The lowest BCUT2D eigenvalue weighted by molar-refractivity contribution is 0.102. The number of para-hydroxylation sites is 1. The number of ketones is 1. The minimum absolute atomic E-state index is 0.0638. The van der Waals surface area contributed by atoms with Crippen molar-refractivity contribution in [1.82, 2.24) is 19.7 Å². The van der Waals surface area contributed by atoms with Crippen LogP contribution in [0.2, 0.25) is 0 Å². The molecule has 1 N–H and O–H groups in total. The van der Waals surface area contributed by atoms with Crippen LogP contribution in [0.3, 0.4) is 0 Å². The quantitative estimate of drug-likeness (QED) is 0.365. The highest BCUT2D eigenvalue weighted by Gasteiger charge is 2.19. The van der Waals surface area contributed by atoms with E-state index in [-0.39, 0.29) is 11.5 Å². The summed E-state index contributed by atoms with van der Waals surface area (Å²) in [4.78, 5) is 15.2. The summed E-state index contributed by atoms with van der Waals surface area (Å²) in [5.41, 5.74) is 1.91. The van der Waals surface area contributed by atoms with Gasteiger partial charge in [0.15, 0.2) is 16.8 Å². The van der Waals surface area contributed by atoms with Crippen LogP contribution in [0, 0.1) is 0 Å². The number of benzene rings is 2. The summed E-state index contributed by atoms with van der Waals surface area (Å²) < 4.78 is 27.1. The fourth-order valence-corrected chi connectivity index (χ4v) is 5.23. The molecule has 3 aromatic rings. The summed E-state index contributed by atoms with van der Waals surface area (Å²) in [7, 11) is -3.36. The number of nitrogens with zero attached hydrogens (tertiary/aromatic N) is 4. The molecule has 0 aliphatic carbocycles. The van der Waals surface area contributed by atoms with Crippen LogP contribution in [0.15, 0.2) is 59.8 Å². The first-order valence-electron chi connectivity index (χ1n) is 10.8. The van der Waals surface area contributed by atoms with Gasteiger partial charge in [-0.15, -0.1) is 10.2 Å². The van der Waals surface area contributed by atoms with Gasteiger partial charge in [0, 0.05) is 16.9 Å². The predicted octanol–water partition coefficient (Wildman–Crippen LogP) is 3.60. The second-order valence-electron chi connectivity index (χ2n) is 8.07. The number of thioether (sulfide) groups is 1. The molecule has 8 nitrogen and oxygen atoms in total. The number of Topliss-reactive ketones (excluding diaryl/α,β-unsaturated/α-hetero) is 1. The van der Waals surface area contributed by atoms with E-state index in [0.29, 0.717) is 16.4 Å². The smallest absolute Gasteiger partial charge is 0.229 e. The summed E-state index contributed by atoms with van der Waals surface area (Å²) in [6, 6.07) is 16.4. The van der Waals surface area contributed by atoms with Crippen LogP contribution >= 0.6 is 11.8 Å². The Hall–Kier alpha value is -2.69. The molecule has 1 fully saturated rings. The Morgan fingerprint density at radius 2 is 1.70 bits per heavy atom. The summed E-state index contributed by atoms with van der Waals surface area (Å²) in [5.74, 6) is 1.01. The van der Waals surface area contributed by atoms with Crippen LogP contribution in [0.5, 0.6) is 0 Å². The maximum Gasteiger partial charge on any atom is 0.229 e. The van der Waals surface area contributed by atoms with Crippen LogP contribution in [0.25, 0.3) is 5.69 Å². The molecule has 1 aromatic heterocycles. The Labute approximate surface area is 198 Å². The maximum absolute atomic E-state index is 12.8. The maximum atomic E-state index is 12.8. The minimum Gasteiger partial charge on any atom is -0.296 e. The fraction of sp³-hybridized carbons (Fsp3) is 0.348. The number of hydrogen-bond acceptors (Lipinski definition) is 7. The number of piperidine rings is 1. The second kappa shape index (κ2) is 10.5. The van der Waals surface area contributed by atoms with Gasteiger partial charge in [-0.05, 0) is 62.3 Å². The highest BCUT2D eigenvalue weighted by Crippen LogP contribution is 2.25. The zero-order valence-electron chi connectivity index (χ0n) is 18.5. The van der Waals surface area contributed by atoms with Crippen LogP contribution in [-0.4, -0.2) is 59.0 Å². The number of sulfonamides is 1. The van der Waals surface area contributed by atoms with Gasteiger partial charge in [-0.2, -0.15) is 0 Å². The van der Waals surface area contributed by atoms with Gasteiger partial charge in [-0.1, -0.05) is 36.4 Å². The number of carbonyl (C=O) groups is 1. The highest BCUT2D eigenvalue weighted by molar-refractivity contribution is 7.99. The Bertz CT molecular complexity index is 1190. The largest absolute Gasteiger partial charge is 0.296 e. The molecule has 2 aromatic carbocycles. The molecular formula is C23H27N5O3S2. The van der Waals surface area contributed by atoms with Crippen molar-refractivity contribution in [1.29, 1.82) is 0 Å². The fourth-order valence-electron chi connectivity index (χ4n) is 3.80. The third-order valence-corrected chi connectivity index (χ3v) is 6.91. The number of hydrogen-bond donors (Lipinski definition) is 1. The van der Waals surface area contributed by atoms with Crippen LogP contribution in [0.4, 0.5) is 5.69 Å². The van der Waals surface area contributed by atoms with Gasteiger partial charge < -0.3 is 0 Å². The van der Waals surface area contributed by atoms with E-state index in [1.54, 1.807) is 24.3 Å². The van der Waals surface area contributed by atoms with E-state index in [1.165, 1.54) is 31.0 Å². The molecule has 0 spiro atoms. The molecule has 0 bridgehead atoms. The third kappa shape index (κ3) is 6.43. The normalized spacial score (nSPS) is 14.8. The molecule has 174 valence electrons. The van der Waals surface area contributed by atoms with Gasteiger partial charge in [0.2, 0.25) is 10.0 Å². The number of aromatic nitrogens is 3. The van der Waals surface area contributed by atoms with Crippen molar-refractivity contribution in [3.05, 3.63) is 66.0 Å². The van der Waals surface area contributed by atoms with Crippen molar-refractivity contribution < 1.29 is 13.2 Å². The molecule has 1 aliphatic rings. The lowest BCUT2D eigenvalue weighted by Crippen LogP contribution is -2.30. The zero-order chi connectivity index (χ0) is 23.3. The molecule has 0 unspecified atom stereocenters. The van der Waals surface area contributed by atoms with Gasteiger partial charge in [0.1, 0.15) is 0 Å². The summed E-state index contributed by atoms with van der Waals surface area (Å²) in [6.07, 6.45) is 4.77. The topological polar surface area (TPSA) is 97.2 Å². The zero-order valence-corrected chi connectivity index (χ0v) is 20.1. The van der Waals surface area contributed by atoms with Gasteiger partial charge in [0.05, 0.1) is 18.6 Å².